The Morgan fingerprint density at radius 3 is 2.95 bits per heavy atom. The second-order valence-electron chi connectivity index (χ2n) is 5.81. The second-order valence-corrected chi connectivity index (χ2v) is 6.24. The molecule has 1 heterocycles. The first kappa shape index (κ1) is 19.2. The Kier molecular flexibility index (Phi) is 8.18. The van der Waals surface area contributed by atoms with Gasteiger partial charge in [0.1, 0.15) is 0 Å². The number of rotatable bonds is 5. The molecule has 22 heavy (non-hydrogen) atoms. The predicted octanol–water partition coefficient (Wildman–Crippen LogP) is 2.94. The lowest BCUT2D eigenvalue weighted by atomic mass is 9.98. The van der Waals surface area contributed by atoms with E-state index in [1.54, 1.807) is 6.07 Å². The van der Waals surface area contributed by atoms with Gasteiger partial charge in [0.25, 0.3) is 0 Å². The zero-order valence-corrected chi connectivity index (χ0v) is 14.8. The van der Waals surface area contributed by atoms with Crippen LogP contribution in [0, 0.1) is 12.8 Å². The Hall–Kier alpha value is -0.810. The third-order valence-corrected chi connectivity index (χ3v) is 4.17. The molecule has 1 aliphatic rings. The van der Waals surface area contributed by atoms with Crippen molar-refractivity contribution in [3.8, 4) is 0 Å². The summed E-state index contributed by atoms with van der Waals surface area (Å²) in [6.45, 7) is 5.43. The average Bonchev–Trinajstić information content (AvgIpc) is 2.43. The first-order valence-electron chi connectivity index (χ1n) is 7.51. The molecule has 1 aromatic rings. The molecular weight excluding hydrogens is 321 g/mol. The van der Waals surface area contributed by atoms with Gasteiger partial charge in [-0.1, -0.05) is 17.7 Å². The molecule has 1 unspecified atom stereocenters. The summed E-state index contributed by atoms with van der Waals surface area (Å²) in [6, 6.07) is 5.55. The number of likely N-dealkylation sites (tertiary alicyclic amines) is 1. The van der Waals surface area contributed by atoms with Crippen molar-refractivity contribution in [2.75, 3.05) is 38.5 Å². The molecule has 1 aliphatic heterocycles. The van der Waals surface area contributed by atoms with Gasteiger partial charge in [0.15, 0.2) is 0 Å². The molecule has 1 atom stereocenters. The molecule has 1 fully saturated rings. The number of hydrogen-bond acceptors (Lipinski definition) is 3. The summed E-state index contributed by atoms with van der Waals surface area (Å²) < 4.78 is 0. The highest BCUT2D eigenvalue weighted by Gasteiger charge is 2.21. The van der Waals surface area contributed by atoms with E-state index in [4.69, 9.17) is 11.6 Å². The van der Waals surface area contributed by atoms with Crippen molar-refractivity contribution in [1.29, 1.82) is 0 Å². The number of anilines is 1. The molecule has 2 N–H and O–H groups in total. The fourth-order valence-electron chi connectivity index (χ4n) is 2.87. The molecule has 1 saturated heterocycles. The molecule has 0 aliphatic carbocycles. The molecular formula is C16H25Cl2N3O. The maximum Gasteiger partial charge on any atom is 0.238 e. The van der Waals surface area contributed by atoms with Crippen molar-refractivity contribution < 1.29 is 4.79 Å². The van der Waals surface area contributed by atoms with Gasteiger partial charge in [-0.2, -0.15) is 0 Å². The number of benzene rings is 1. The average molecular weight is 346 g/mol. The Labute approximate surface area is 144 Å². The van der Waals surface area contributed by atoms with Gasteiger partial charge in [-0.25, -0.2) is 0 Å². The number of nitrogens with one attached hydrogen (secondary N) is 2. The number of piperidine rings is 1. The molecule has 1 amide bonds. The lowest BCUT2D eigenvalue weighted by molar-refractivity contribution is -0.117. The highest BCUT2D eigenvalue weighted by molar-refractivity contribution is 6.31. The fourth-order valence-corrected chi connectivity index (χ4v) is 3.04. The number of carbonyl (C=O) groups excluding carboxylic acids is 1. The summed E-state index contributed by atoms with van der Waals surface area (Å²) in [4.78, 5) is 14.4. The normalized spacial score (nSPS) is 18.6. The summed E-state index contributed by atoms with van der Waals surface area (Å²) in [7, 11) is 1.98. The lowest BCUT2D eigenvalue weighted by Crippen LogP contribution is -2.42. The third kappa shape index (κ3) is 5.76. The minimum absolute atomic E-state index is 0. The maximum absolute atomic E-state index is 12.2. The van der Waals surface area contributed by atoms with Crippen molar-refractivity contribution >= 4 is 35.6 Å². The van der Waals surface area contributed by atoms with Crippen LogP contribution in [0.3, 0.4) is 0 Å². The monoisotopic (exact) mass is 345 g/mol. The maximum atomic E-state index is 12.2. The van der Waals surface area contributed by atoms with Crippen LogP contribution in [-0.4, -0.2) is 44.0 Å². The van der Waals surface area contributed by atoms with Gasteiger partial charge in [0.2, 0.25) is 5.91 Å². The molecule has 2 rings (SSSR count). The molecule has 0 radical (unpaired) electrons. The molecule has 4 nitrogen and oxygen atoms in total. The van der Waals surface area contributed by atoms with Crippen molar-refractivity contribution in [2.45, 2.75) is 19.8 Å². The summed E-state index contributed by atoms with van der Waals surface area (Å²) in [6.07, 6.45) is 2.40. The molecule has 6 heteroatoms. The highest BCUT2D eigenvalue weighted by atomic mass is 35.5. The SMILES string of the molecule is CNCC1CCCN(CC(=O)Nc2cc(Cl)ccc2C)C1.Cl. The van der Waals surface area contributed by atoms with Gasteiger partial charge < -0.3 is 10.6 Å². The predicted molar refractivity (Wildman–Crippen MR) is 95.2 cm³/mol. The van der Waals surface area contributed by atoms with Gasteiger partial charge in [0, 0.05) is 17.3 Å². The first-order chi connectivity index (χ1) is 10.1. The second kappa shape index (κ2) is 9.36. The number of amides is 1. The van der Waals surface area contributed by atoms with E-state index in [9.17, 15) is 4.79 Å². The Balaban J connectivity index is 0.00000242. The Bertz CT molecular complexity index is 494. The van der Waals surface area contributed by atoms with E-state index in [-0.39, 0.29) is 18.3 Å². The number of nitrogens with zero attached hydrogens (tertiary/aromatic N) is 1. The summed E-state index contributed by atoms with van der Waals surface area (Å²) >= 11 is 5.98. The zero-order chi connectivity index (χ0) is 15.2. The minimum Gasteiger partial charge on any atom is -0.325 e. The van der Waals surface area contributed by atoms with Crippen molar-refractivity contribution in [3.05, 3.63) is 28.8 Å². The number of halogens is 2. The fraction of sp³-hybridized carbons (Fsp3) is 0.562. The van der Waals surface area contributed by atoms with Crippen LogP contribution in [-0.2, 0) is 4.79 Å². The van der Waals surface area contributed by atoms with Gasteiger partial charge in [-0.05, 0) is 63.5 Å². The highest BCUT2D eigenvalue weighted by Crippen LogP contribution is 2.20. The number of carbonyl (C=O) groups is 1. The van der Waals surface area contributed by atoms with Crippen LogP contribution in [0.5, 0.6) is 0 Å². The Morgan fingerprint density at radius 2 is 2.23 bits per heavy atom. The van der Waals surface area contributed by atoms with E-state index in [1.807, 2.05) is 26.1 Å². The van der Waals surface area contributed by atoms with E-state index in [2.05, 4.69) is 15.5 Å². The van der Waals surface area contributed by atoms with E-state index >= 15 is 0 Å². The van der Waals surface area contributed by atoms with E-state index < -0.39 is 0 Å². The van der Waals surface area contributed by atoms with Gasteiger partial charge in [-0.3, -0.25) is 9.69 Å². The standard InChI is InChI=1S/C16H24ClN3O.ClH/c1-12-5-6-14(17)8-15(12)19-16(21)11-20-7-3-4-13(10-20)9-18-2;/h5-6,8,13,18H,3-4,7,9-11H2,1-2H3,(H,19,21);1H. The van der Waals surface area contributed by atoms with Crippen molar-refractivity contribution in [3.63, 3.8) is 0 Å². The van der Waals surface area contributed by atoms with Gasteiger partial charge >= 0.3 is 0 Å². The van der Waals surface area contributed by atoms with Crippen LogP contribution in [0.4, 0.5) is 5.69 Å². The van der Waals surface area contributed by atoms with Crippen LogP contribution in [0.25, 0.3) is 0 Å². The quantitative estimate of drug-likeness (QED) is 0.862. The molecule has 0 aromatic heterocycles. The van der Waals surface area contributed by atoms with Crippen LogP contribution in [0.15, 0.2) is 18.2 Å². The Morgan fingerprint density at radius 1 is 1.45 bits per heavy atom. The molecule has 0 spiro atoms. The van der Waals surface area contributed by atoms with Gasteiger partial charge in [-0.15, -0.1) is 12.4 Å². The zero-order valence-electron chi connectivity index (χ0n) is 13.2. The van der Waals surface area contributed by atoms with Crippen LogP contribution >= 0.6 is 24.0 Å². The van der Waals surface area contributed by atoms with Crippen LogP contribution in [0.2, 0.25) is 5.02 Å². The van der Waals surface area contributed by atoms with E-state index in [0.717, 1.165) is 37.3 Å². The van der Waals surface area contributed by atoms with Gasteiger partial charge in [0.05, 0.1) is 6.54 Å². The summed E-state index contributed by atoms with van der Waals surface area (Å²) in [5.74, 6) is 0.676. The smallest absolute Gasteiger partial charge is 0.238 e. The lowest BCUT2D eigenvalue weighted by Gasteiger charge is -2.32. The third-order valence-electron chi connectivity index (χ3n) is 3.94. The number of hydrogen-bond donors (Lipinski definition) is 2. The first-order valence-corrected chi connectivity index (χ1v) is 7.89. The molecule has 0 saturated carbocycles. The van der Waals surface area contributed by atoms with E-state index in [0.29, 0.717) is 17.5 Å². The van der Waals surface area contributed by atoms with E-state index in [1.165, 1.54) is 6.42 Å². The summed E-state index contributed by atoms with van der Waals surface area (Å²) in [5.41, 5.74) is 1.83. The summed E-state index contributed by atoms with van der Waals surface area (Å²) in [5, 5.41) is 6.83. The number of aryl methyl sites for hydroxylation is 1. The molecule has 0 bridgehead atoms. The van der Waals surface area contributed by atoms with Crippen LogP contribution in [0.1, 0.15) is 18.4 Å². The van der Waals surface area contributed by atoms with Crippen molar-refractivity contribution in [2.24, 2.45) is 5.92 Å². The topological polar surface area (TPSA) is 44.4 Å². The minimum atomic E-state index is 0. The molecule has 1 aromatic carbocycles. The van der Waals surface area contributed by atoms with Crippen LogP contribution < -0.4 is 10.6 Å². The van der Waals surface area contributed by atoms with Crippen molar-refractivity contribution in [1.82, 2.24) is 10.2 Å². The largest absolute Gasteiger partial charge is 0.325 e. The molecule has 124 valence electrons.